The van der Waals surface area contributed by atoms with E-state index in [1.54, 1.807) is 34.6 Å². The lowest BCUT2D eigenvalue weighted by Crippen LogP contribution is -2.61. The lowest BCUT2D eigenvalue weighted by molar-refractivity contribution is -0.295. The van der Waals surface area contributed by atoms with E-state index < -0.39 is 83.1 Å². The molecule has 0 radical (unpaired) electrons. The molecular weight excluding hydrogens is 669 g/mol. The number of carbonyl (C=O) groups excluding carboxylic acids is 4. The molecule has 51 heavy (non-hydrogen) atoms. The Hall–Kier alpha value is -2.88. The first-order chi connectivity index (χ1) is 23.7. The highest BCUT2D eigenvalue weighted by Crippen LogP contribution is 2.43. The summed E-state index contributed by atoms with van der Waals surface area (Å²) in [7, 11) is 5.01. The first-order valence-electron chi connectivity index (χ1n) is 17.9. The van der Waals surface area contributed by atoms with E-state index in [0.717, 1.165) is 6.92 Å². The number of rotatable bonds is 10. The molecule has 0 spiro atoms. The number of alkyl halides is 1. The van der Waals surface area contributed by atoms with Gasteiger partial charge in [0.25, 0.3) is 5.67 Å². The van der Waals surface area contributed by atoms with E-state index in [-0.39, 0.29) is 43.9 Å². The smallest absolute Gasteiger partial charge is 0.410 e. The van der Waals surface area contributed by atoms with Crippen LogP contribution in [0.2, 0.25) is 0 Å². The summed E-state index contributed by atoms with van der Waals surface area (Å²) in [5, 5.41) is 14.9. The Kier molecular flexibility index (Phi) is 14.1. The van der Waals surface area contributed by atoms with E-state index in [1.165, 1.54) is 18.9 Å². The third-order valence-corrected chi connectivity index (χ3v) is 11.2. The molecule has 0 aromatic heterocycles. The van der Waals surface area contributed by atoms with Gasteiger partial charge in [-0.25, -0.2) is 14.0 Å². The average Bonchev–Trinajstić information content (AvgIpc) is 3.33. The SMILES string of the molecule is CC[C@H]1OC(=O)[C@@](C)(F)C(=O)[C@H](C)[C@@H](OC2OC(C)CC(N(C)C)C2O)[C@@](C)(OC)C[C@@H](C)C(=O)[C@H](C)[C@H]2N(CCCCN=[N+]=[N-])C(=O)O[C@]12C. The van der Waals surface area contributed by atoms with Crippen LogP contribution in [0.5, 0.6) is 0 Å². The van der Waals surface area contributed by atoms with Gasteiger partial charge in [0.1, 0.15) is 18.0 Å². The molecule has 3 fully saturated rings. The number of azide groups is 1. The molecule has 16 heteroatoms. The largest absolute Gasteiger partial charge is 0.455 e. The van der Waals surface area contributed by atoms with Gasteiger partial charge in [-0.15, -0.1) is 0 Å². The maximum Gasteiger partial charge on any atom is 0.410 e. The maximum absolute atomic E-state index is 16.7. The van der Waals surface area contributed by atoms with Gasteiger partial charge in [0.15, 0.2) is 17.7 Å². The normalized spacial score (nSPS) is 41.4. The quantitative estimate of drug-likeness (QED) is 0.0840. The number of cyclic esters (lactones) is 1. The summed E-state index contributed by atoms with van der Waals surface area (Å²) in [6.07, 6.45) is -4.59. The Balaban J connectivity index is 2.15. The molecular formula is C35H58FN5O10. The number of fused-ring (bicyclic) bond motifs is 1. The predicted molar refractivity (Wildman–Crippen MR) is 183 cm³/mol. The van der Waals surface area contributed by atoms with Gasteiger partial charge in [0.05, 0.1) is 23.9 Å². The molecule has 3 aliphatic rings. The second kappa shape index (κ2) is 16.9. The fourth-order valence-electron chi connectivity index (χ4n) is 8.22. The Morgan fingerprint density at radius 2 is 1.75 bits per heavy atom. The monoisotopic (exact) mass is 727 g/mol. The minimum atomic E-state index is -3.18. The zero-order chi connectivity index (χ0) is 38.6. The van der Waals surface area contributed by atoms with Gasteiger partial charge in [0, 0.05) is 48.9 Å². The van der Waals surface area contributed by atoms with Gasteiger partial charge in [0.2, 0.25) is 0 Å². The number of methoxy groups -OCH3 is 1. The van der Waals surface area contributed by atoms with Crippen LogP contribution in [0.4, 0.5) is 9.18 Å². The lowest BCUT2D eigenvalue weighted by Gasteiger charge is -2.47. The van der Waals surface area contributed by atoms with Crippen molar-refractivity contribution >= 4 is 23.6 Å². The Labute approximate surface area is 300 Å². The number of ether oxygens (including phenoxy) is 5. The minimum Gasteiger partial charge on any atom is -0.455 e. The van der Waals surface area contributed by atoms with E-state index in [1.807, 2.05) is 25.9 Å². The molecule has 0 saturated carbocycles. The summed E-state index contributed by atoms with van der Waals surface area (Å²) in [4.78, 5) is 61.7. The molecule has 0 aromatic rings. The van der Waals surface area contributed by atoms with E-state index in [2.05, 4.69) is 10.0 Å². The minimum absolute atomic E-state index is 0.0144. The van der Waals surface area contributed by atoms with Crippen molar-refractivity contribution in [3.63, 3.8) is 0 Å². The number of halogens is 1. The van der Waals surface area contributed by atoms with Crippen LogP contribution in [-0.4, -0.2) is 132 Å². The molecule has 290 valence electrons. The van der Waals surface area contributed by atoms with Crippen LogP contribution >= 0.6 is 0 Å². The topological polar surface area (TPSA) is 190 Å². The van der Waals surface area contributed by atoms with Crippen molar-refractivity contribution in [3.05, 3.63) is 10.4 Å². The summed E-state index contributed by atoms with van der Waals surface area (Å²) in [5.74, 6) is -5.88. The van der Waals surface area contributed by atoms with Crippen LogP contribution in [-0.2, 0) is 38.1 Å². The number of nitrogens with zero attached hydrogens (tertiary/aromatic N) is 5. The van der Waals surface area contributed by atoms with Gasteiger partial charge in [-0.05, 0) is 79.4 Å². The van der Waals surface area contributed by atoms with E-state index >= 15 is 4.39 Å². The second-order valence-electron chi connectivity index (χ2n) is 15.3. The van der Waals surface area contributed by atoms with E-state index in [9.17, 15) is 24.3 Å². The standard InChI is InChI=1S/C35H58FN5O10/c1-12-24-35(8)27(41(32(46)51-35)16-14-13-15-38-39-37)21(4)25(42)19(2)18-33(6,47-11)29(22(5)28(44)34(7,36)31(45)49-24)50-30-26(43)23(40(9)10)17-20(3)48-30/h19-24,26-27,29-30,43H,12-18H2,1-11H3/t19-,20?,21+,22+,23?,24-,26?,27-,29-,30?,33+,34+,35-/m1/s1. The fraction of sp³-hybridized carbons (Fsp3) is 0.886. The first-order valence-corrected chi connectivity index (χ1v) is 17.9. The van der Waals surface area contributed by atoms with Crippen molar-refractivity contribution < 1.29 is 52.4 Å². The number of Topliss-reactive ketones (excluding diaryl/α,β-unsaturated/α-hetero) is 2. The molecule has 0 aliphatic carbocycles. The first kappa shape index (κ1) is 42.5. The highest BCUT2D eigenvalue weighted by atomic mass is 19.1. The second-order valence-corrected chi connectivity index (χ2v) is 15.3. The Morgan fingerprint density at radius 3 is 2.31 bits per heavy atom. The molecule has 15 nitrogen and oxygen atoms in total. The summed E-state index contributed by atoms with van der Waals surface area (Å²) >= 11 is 0. The zero-order valence-corrected chi connectivity index (χ0v) is 32.0. The van der Waals surface area contributed by atoms with Crippen LogP contribution in [0, 0.1) is 17.8 Å². The molecule has 1 amide bonds. The van der Waals surface area contributed by atoms with Gasteiger partial charge in [-0.2, -0.15) is 0 Å². The third kappa shape index (κ3) is 8.68. The number of aliphatic hydroxyl groups excluding tert-OH is 1. The molecule has 0 bridgehead atoms. The number of hydrogen-bond acceptors (Lipinski definition) is 12. The molecule has 4 unspecified atom stereocenters. The molecule has 1 N–H and O–H groups in total. The lowest BCUT2D eigenvalue weighted by atomic mass is 9.73. The van der Waals surface area contributed by atoms with Crippen molar-refractivity contribution in [2.75, 3.05) is 34.3 Å². The molecule has 3 rings (SSSR count). The number of unbranched alkanes of at least 4 members (excludes halogenated alkanes) is 1. The van der Waals surface area contributed by atoms with Crippen molar-refractivity contribution in [1.82, 2.24) is 9.80 Å². The maximum atomic E-state index is 16.7. The molecule has 3 aliphatic heterocycles. The van der Waals surface area contributed by atoms with Crippen LogP contribution in [0.25, 0.3) is 10.4 Å². The van der Waals surface area contributed by atoms with Gasteiger partial charge >= 0.3 is 12.1 Å². The average molecular weight is 728 g/mol. The summed E-state index contributed by atoms with van der Waals surface area (Å²) in [5.41, 5.74) is 2.42. The van der Waals surface area contributed by atoms with Crippen LogP contribution in [0.15, 0.2) is 5.11 Å². The molecule has 3 heterocycles. The number of likely N-dealkylation sites (N-methyl/N-ethyl adjacent to an activating group) is 1. The van der Waals surface area contributed by atoms with E-state index in [4.69, 9.17) is 29.2 Å². The summed E-state index contributed by atoms with van der Waals surface area (Å²) in [6, 6.07) is -1.31. The summed E-state index contributed by atoms with van der Waals surface area (Å²) < 4.78 is 46.8. The molecule has 13 atom stereocenters. The van der Waals surface area contributed by atoms with Gasteiger partial charge in [-0.1, -0.05) is 32.8 Å². The van der Waals surface area contributed by atoms with Crippen molar-refractivity contribution in [1.29, 1.82) is 0 Å². The number of ketones is 2. The van der Waals surface area contributed by atoms with Crippen molar-refractivity contribution in [2.45, 2.75) is 147 Å². The highest BCUT2D eigenvalue weighted by molar-refractivity contribution is 6.08. The molecule has 3 saturated heterocycles. The van der Waals surface area contributed by atoms with Crippen LogP contribution in [0.3, 0.4) is 0 Å². The summed E-state index contributed by atoms with van der Waals surface area (Å²) in [6.45, 7) is 12.7. The van der Waals surface area contributed by atoms with Gasteiger partial charge in [-0.3, -0.25) is 9.59 Å². The Bertz CT molecular complexity index is 1330. The number of esters is 1. The van der Waals surface area contributed by atoms with Gasteiger partial charge < -0.3 is 38.6 Å². The van der Waals surface area contributed by atoms with Crippen molar-refractivity contribution in [3.8, 4) is 0 Å². The number of carbonyl (C=O) groups is 4. The third-order valence-electron chi connectivity index (χ3n) is 11.2. The van der Waals surface area contributed by atoms with Crippen LogP contribution in [0.1, 0.15) is 87.5 Å². The predicted octanol–water partition coefficient (Wildman–Crippen LogP) is 4.37. The van der Waals surface area contributed by atoms with Crippen molar-refractivity contribution in [2.24, 2.45) is 22.9 Å². The van der Waals surface area contributed by atoms with E-state index in [0.29, 0.717) is 19.3 Å². The van der Waals surface area contributed by atoms with Crippen LogP contribution < -0.4 is 0 Å². The highest BCUT2D eigenvalue weighted by Gasteiger charge is 2.61. The number of hydrogen-bond donors (Lipinski definition) is 1. The zero-order valence-electron chi connectivity index (χ0n) is 32.0. The number of aliphatic hydroxyl groups is 1. The Morgan fingerprint density at radius 1 is 1.10 bits per heavy atom. The molecule has 0 aromatic carbocycles. The number of amides is 1. The fourth-order valence-corrected chi connectivity index (χ4v) is 8.22.